The van der Waals surface area contributed by atoms with E-state index < -0.39 is 24.2 Å². The Balaban J connectivity index is 4.46. The molecule has 0 aromatic rings. The second-order valence-corrected chi connectivity index (χ2v) is 4.16. The number of nitrogens with one attached hydrogen (secondary N) is 2. The van der Waals surface area contributed by atoms with E-state index in [-0.39, 0.29) is 32.7 Å². The molecule has 8 N–H and O–H groups in total. The van der Waals surface area contributed by atoms with Gasteiger partial charge in [0, 0.05) is 19.5 Å². The van der Waals surface area contributed by atoms with Gasteiger partial charge in [-0.2, -0.15) is 0 Å². The lowest BCUT2D eigenvalue weighted by Gasteiger charge is -2.33. The van der Waals surface area contributed by atoms with Gasteiger partial charge in [-0.1, -0.05) is 0 Å². The average Bonchev–Trinajstić information content (AvgIpc) is 2.32. The highest BCUT2D eigenvalue weighted by Crippen LogP contribution is 2.11. The maximum atomic E-state index is 10.1. The molecule has 0 amide bonds. The zero-order valence-corrected chi connectivity index (χ0v) is 10.5. The van der Waals surface area contributed by atoms with Crippen LogP contribution in [0, 0.1) is 0 Å². The molecule has 0 spiro atoms. The number of aliphatic hydroxyl groups is 6. The minimum Gasteiger partial charge on any atom is -0.395 e. The van der Waals surface area contributed by atoms with Crippen molar-refractivity contribution in [3.05, 3.63) is 0 Å². The Morgan fingerprint density at radius 3 is 1.78 bits per heavy atom. The average molecular weight is 268 g/mol. The van der Waals surface area contributed by atoms with Crippen molar-refractivity contribution in [1.29, 1.82) is 0 Å². The fraction of sp³-hybridized carbons (Fsp3) is 1.00. The topological polar surface area (TPSA) is 145 Å². The van der Waals surface area contributed by atoms with Crippen LogP contribution in [0.2, 0.25) is 0 Å². The fourth-order valence-electron chi connectivity index (χ4n) is 1.48. The number of rotatable bonds is 10. The molecule has 0 aliphatic rings. The molecule has 0 bridgehead atoms. The van der Waals surface area contributed by atoms with Crippen molar-refractivity contribution in [1.82, 2.24) is 10.6 Å². The highest BCUT2D eigenvalue weighted by molar-refractivity contribution is 4.82. The van der Waals surface area contributed by atoms with Crippen LogP contribution >= 0.6 is 0 Å². The van der Waals surface area contributed by atoms with E-state index in [1.165, 1.54) is 6.92 Å². The zero-order chi connectivity index (χ0) is 14.2. The van der Waals surface area contributed by atoms with E-state index >= 15 is 0 Å². The minimum absolute atomic E-state index is 0.0619. The number of hydrogen-bond acceptors (Lipinski definition) is 8. The number of aliphatic hydroxyl groups excluding tert-OH is 5. The second kappa shape index (κ2) is 8.73. The maximum Gasteiger partial charge on any atom is 0.174 e. The third-order valence-corrected chi connectivity index (χ3v) is 2.45. The van der Waals surface area contributed by atoms with Gasteiger partial charge in [0.2, 0.25) is 0 Å². The summed E-state index contributed by atoms with van der Waals surface area (Å²) in [7, 11) is 0. The van der Waals surface area contributed by atoms with Crippen LogP contribution in [-0.2, 0) is 0 Å². The standard InChI is InChI=1S/C10H24N2O6/c1-7(15)9(17)8(16)6-10(18,11-2-4-13)12-3-5-14/h7-9,11-18H,2-6H2,1H3. The molecular weight excluding hydrogens is 244 g/mol. The summed E-state index contributed by atoms with van der Waals surface area (Å²) in [6.07, 6.45) is -4.23. The maximum absolute atomic E-state index is 10.1. The molecular formula is C10H24N2O6. The molecule has 0 rings (SSSR count). The lowest BCUT2D eigenvalue weighted by molar-refractivity contribution is -0.113. The quantitative estimate of drug-likeness (QED) is 0.189. The predicted molar refractivity (Wildman–Crippen MR) is 63.4 cm³/mol. The van der Waals surface area contributed by atoms with Crippen molar-refractivity contribution >= 4 is 0 Å². The molecule has 0 aliphatic heterocycles. The Morgan fingerprint density at radius 1 is 1.00 bits per heavy atom. The van der Waals surface area contributed by atoms with Gasteiger partial charge in [-0.3, -0.25) is 10.6 Å². The van der Waals surface area contributed by atoms with Crippen LogP contribution in [0.5, 0.6) is 0 Å². The van der Waals surface area contributed by atoms with Crippen molar-refractivity contribution in [3.8, 4) is 0 Å². The summed E-state index contributed by atoms with van der Waals surface area (Å²) in [5.74, 6) is -1.75. The summed E-state index contributed by atoms with van der Waals surface area (Å²) in [6.45, 7) is 0.990. The van der Waals surface area contributed by atoms with E-state index in [0.717, 1.165) is 0 Å². The summed E-state index contributed by atoms with van der Waals surface area (Å²) >= 11 is 0. The largest absolute Gasteiger partial charge is 0.395 e. The molecule has 0 radical (unpaired) electrons. The van der Waals surface area contributed by atoms with E-state index in [0.29, 0.717) is 0 Å². The van der Waals surface area contributed by atoms with Gasteiger partial charge in [-0.15, -0.1) is 0 Å². The molecule has 0 aliphatic carbocycles. The van der Waals surface area contributed by atoms with Crippen molar-refractivity contribution in [2.75, 3.05) is 26.3 Å². The summed E-state index contributed by atoms with van der Waals surface area (Å²) in [6, 6.07) is 0. The van der Waals surface area contributed by atoms with E-state index in [2.05, 4.69) is 10.6 Å². The molecule has 0 aromatic carbocycles. The highest BCUT2D eigenvalue weighted by Gasteiger charge is 2.33. The first kappa shape index (κ1) is 17.7. The SMILES string of the molecule is CC(O)C(O)C(O)CC(O)(NCCO)NCCO. The summed E-state index contributed by atoms with van der Waals surface area (Å²) < 4.78 is 0. The third kappa shape index (κ3) is 6.57. The van der Waals surface area contributed by atoms with E-state index in [1.807, 2.05) is 0 Å². The van der Waals surface area contributed by atoms with Crippen molar-refractivity contribution < 1.29 is 30.6 Å². The monoisotopic (exact) mass is 268 g/mol. The van der Waals surface area contributed by atoms with Crippen LogP contribution < -0.4 is 10.6 Å². The van der Waals surface area contributed by atoms with Gasteiger partial charge in [-0.25, -0.2) is 0 Å². The van der Waals surface area contributed by atoms with Crippen molar-refractivity contribution in [2.45, 2.75) is 37.5 Å². The Labute approximate surface area is 106 Å². The van der Waals surface area contributed by atoms with Gasteiger partial charge < -0.3 is 30.6 Å². The molecule has 0 heterocycles. The molecule has 110 valence electrons. The molecule has 18 heavy (non-hydrogen) atoms. The lowest BCUT2D eigenvalue weighted by atomic mass is 10.0. The molecule has 8 heteroatoms. The van der Waals surface area contributed by atoms with Gasteiger partial charge in [0.15, 0.2) is 5.85 Å². The second-order valence-electron chi connectivity index (χ2n) is 4.16. The highest BCUT2D eigenvalue weighted by atomic mass is 16.4. The first-order valence-corrected chi connectivity index (χ1v) is 5.84. The number of hydrogen-bond donors (Lipinski definition) is 8. The predicted octanol–water partition coefficient (Wildman–Crippen LogP) is -3.71. The smallest absolute Gasteiger partial charge is 0.174 e. The molecule has 3 atom stereocenters. The summed E-state index contributed by atoms with van der Waals surface area (Å²) in [5, 5.41) is 60.7. The Bertz CT molecular complexity index is 209. The van der Waals surface area contributed by atoms with Gasteiger partial charge in [0.25, 0.3) is 0 Å². The molecule has 0 saturated carbocycles. The first-order valence-electron chi connectivity index (χ1n) is 5.84. The van der Waals surface area contributed by atoms with E-state index in [9.17, 15) is 15.3 Å². The normalized spacial score (nSPS) is 17.5. The fourth-order valence-corrected chi connectivity index (χ4v) is 1.48. The molecule has 3 unspecified atom stereocenters. The summed E-state index contributed by atoms with van der Waals surface area (Å²) in [5.41, 5.74) is 0. The van der Waals surface area contributed by atoms with Crippen LogP contribution in [0.3, 0.4) is 0 Å². The molecule has 0 fully saturated rings. The van der Waals surface area contributed by atoms with E-state index in [4.69, 9.17) is 15.3 Å². The van der Waals surface area contributed by atoms with Crippen LogP contribution in [0.25, 0.3) is 0 Å². The van der Waals surface area contributed by atoms with Crippen LogP contribution in [0.15, 0.2) is 0 Å². The van der Waals surface area contributed by atoms with E-state index in [1.54, 1.807) is 0 Å². The van der Waals surface area contributed by atoms with Gasteiger partial charge in [0.05, 0.1) is 25.4 Å². The first-order chi connectivity index (χ1) is 8.36. The van der Waals surface area contributed by atoms with Crippen LogP contribution in [-0.4, -0.2) is 81.1 Å². The Morgan fingerprint density at radius 2 is 1.44 bits per heavy atom. The zero-order valence-electron chi connectivity index (χ0n) is 10.5. The third-order valence-electron chi connectivity index (χ3n) is 2.45. The summed E-state index contributed by atoms with van der Waals surface area (Å²) in [4.78, 5) is 0. The Hall–Kier alpha value is -0.320. The van der Waals surface area contributed by atoms with Gasteiger partial charge in [0.1, 0.15) is 6.10 Å². The minimum atomic E-state index is -1.75. The van der Waals surface area contributed by atoms with Crippen LogP contribution in [0.1, 0.15) is 13.3 Å². The van der Waals surface area contributed by atoms with Gasteiger partial charge in [-0.05, 0) is 6.92 Å². The Kier molecular flexibility index (Phi) is 8.57. The molecule has 8 nitrogen and oxygen atoms in total. The van der Waals surface area contributed by atoms with Crippen molar-refractivity contribution in [2.24, 2.45) is 0 Å². The van der Waals surface area contributed by atoms with Crippen molar-refractivity contribution in [3.63, 3.8) is 0 Å². The molecule has 0 saturated heterocycles. The molecule has 0 aromatic heterocycles. The van der Waals surface area contributed by atoms with Gasteiger partial charge >= 0.3 is 0 Å². The van der Waals surface area contributed by atoms with Crippen LogP contribution in [0.4, 0.5) is 0 Å². The lowest BCUT2D eigenvalue weighted by Crippen LogP contribution is -2.61.